The molecular formula is C19H22N2O2S. The summed E-state index contributed by atoms with van der Waals surface area (Å²) in [6, 6.07) is 13.1. The maximum absolute atomic E-state index is 12.6. The minimum atomic E-state index is 0.120. The van der Waals surface area contributed by atoms with Gasteiger partial charge in [-0.15, -0.1) is 0 Å². The first-order valence-electron chi connectivity index (χ1n) is 8.17. The van der Waals surface area contributed by atoms with E-state index >= 15 is 0 Å². The van der Waals surface area contributed by atoms with Crippen LogP contribution in [0.15, 0.2) is 48.7 Å². The molecule has 1 atom stereocenters. The van der Waals surface area contributed by atoms with Crippen LogP contribution in [0.1, 0.15) is 22.5 Å². The summed E-state index contributed by atoms with van der Waals surface area (Å²) in [7, 11) is 0. The molecule has 0 saturated carbocycles. The third kappa shape index (κ3) is 4.29. The molecule has 2 heterocycles. The molecule has 1 amide bonds. The number of benzene rings is 1. The lowest BCUT2D eigenvalue weighted by Gasteiger charge is -2.16. The van der Waals surface area contributed by atoms with E-state index in [1.54, 1.807) is 6.20 Å². The Morgan fingerprint density at radius 3 is 2.83 bits per heavy atom. The summed E-state index contributed by atoms with van der Waals surface area (Å²) in [5.41, 5.74) is 1.61. The predicted octanol–water partition coefficient (Wildman–Crippen LogP) is 3.49. The van der Waals surface area contributed by atoms with Crippen molar-refractivity contribution in [2.75, 3.05) is 25.1 Å². The molecule has 4 nitrogen and oxygen atoms in total. The van der Waals surface area contributed by atoms with Crippen LogP contribution in [0.2, 0.25) is 0 Å². The minimum Gasteiger partial charge on any atom is -0.487 e. The molecule has 5 heteroatoms. The first-order chi connectivity index (χ1) is 11.8. The van der Waals surface area contributed by atoms with Gasteiger partial charge in [0.05, 0.1) is 5.69 Å². The van der Waals surface area contributed by atoms with Crippen molar-refractivity contribution in [3.8, 4) is 5.75 Å². The molecule has 1 saturated heterocycles. The number of likely N-dealkylation sites (tertiary alicyclic amines) is 1. The molecule has 1 aliphatic rings. The Morgan fingerprint density at radius 2 is 2.12 bits per heavy atom. The molecule has 24 heavy (non-hydrogen) atoms. The molecule has 0 N–H and O–H groups in total. The van der Waals surface area contributed by atoms with Gasteiger partial charge < -0.3 is 9.64 Å². The fraction of sp³-hybridized carbons (Fsp3) is 0.368. The van der Waals surface area contributed by atoms with Gasteiger partial charge in [0.25, 0.3) is 5.91 Å². The number of amides is 1. The summed E-state index contributed by atoms with van der Waals surface area (Å²) in [4.78, 5) is 18.7. The first kappa shape index (κ1) is 16.8. The van der Waals surface area contributed by atoms with Crippen LogP contribution in [0.3, 0.4) is 0 Å². The van der Waals surface area contributed by atoms with Crippen LogP contribution in [0.5, 0.6) is 5.75 Å². The zero-order valence-corrected chi connectivity index (χ0v) is 14.7. The van der Waals surface area contributed by atoms with E-state index in [1.807, 2.05) is 59.1 Å². The van der Waals surface area contributed by atoms with Crippen molar-refractivity contribution in [1.29, 1.82) is 0 Å². The van der Waals surface area contributed by atoms with Crippen LogP contribution in [0.4, 0.5) is 0 Å². The molecule has 1 aliphatic heterocycles. The molecule has 0 aliphatic carbocycles. The number of nitrogens with zero attached hydrogens (tertiary/aromatic N) is 2. The molecule has 126 valence electrons. The van der Waals surface area contributed by atoms with Crippen LogP contribution in [-0.4, -0.2) is 40.9 Å². The van der Waals surface area contributed by atoms with E-state index in [1.165, 1.54) is 0 Å². The van der Waals surface area contributed by atoms with Gasteiger partial charge in [0, 0.05) is 24.8 Å². The average molecular weight is 342 g/mol. The Hall–Kier alpha value is -2.01. The molecule has 2 aromatic rings. The monoisotopic (exact) mass is 342 g/mol. The third-order valence-corrected chi connectivity index (χ3v) is 4.99. The van der Waals surface area contributed by atoms with Crippen LogP contribution >= 0.6 is 11.8 Å². The maximum atomic E-state index is 12.6. The topological polar surface area (TPSA) is 42.4 Å². The second kappa shape index (κ2) is 8.20. The molecule has 0 unspecified atom stereocenters. The molecule has 3 rings (SSSR count). The van der Waals surface area contributed by atoms with Crippen LogP contribution in [0, 0.1) is 5.92 Å². The van der Waals surface area contributed by atoms with E-state index < -0.39 is 0 Å². The zero-order valence-electron chi connectivity index (χ0n) is 13.9. The Kier molecular flexibility index (Phi) is 5.75. The van der Waals surface area contributed by atoms with Crippen LogP contribution in [0.25, 0.3) is 0 Å². The van der Waals surface area contributed by atoms with E-state index in [0.29, 0.717) is 12.5 Å². The highest BCUT2D eigenvalue weighted by molar-refractivity contribution is 7.98. The second-order valence-corrected chi connectivity index (χ2v) is 6.91. The van der Waals surface area contributed by atoms with Crippen LogP contribution in [-0.2, 0) is 6.61 Å². The fourth-order valence-electron chi connectivity index (χ4n) is 2.91. The highest BCUT2D eigenvalue weighted by atomic mass is 32.2. The quantitative estimate of drug-likeness (QED) is 0.806. The van der Waals surface area contributed by atoms with Gasteiger partial charge in [0.2, 0.25) is 0 Å². The first-order valence-corrected chi connectivity index (χ1v) is 9.56. The molecule has 0 radical (unpaired) electrons. The van der Waals surface area contributed by atoms with Crippen molar-refractivity contribution in [3.05, 3.63) is 59.9 Å². The number of hydrogen-bond donors (Lipinski definition) is 0. The third-order valence-electron chi connectivity index (χ3n) is 4.19. The van der Waals surface area contributed by atoms with Crippen LogP contribution < -0.4 is 4.74 Å². The summed E-state index contributed by atoms with van der Waals surface area (Å²) in [6.45, 7) is 2.16. The van der Waals surface area contributed by atoms with Gasteiger partial charge in [0.15, 0.2) is 0 Å². The van der Waals surface area contributed by atoms with Gasteiger partial charge in [-0.2, -0.15) is 11.8 Å². The molecule has 1 aromatic carbocycles. The van der Waals surface area contributed by atoms with Crippen molar-refractivity contribution in [2.45, 2.75) is 13.0 Å². The number of carbonyl (C=O) groups excluding carboxylic acids is 1. The van der Waals surface area contributed by atoms with Gasteiger partial charge in [-0.05, 0) is 60.7 Å². The lowest BCUT2D eigenvalue weighted by molar-refractivity contribution is 0.0788. The van der Waals surface area contributed by atoms with Gasteiger partial charge in [-0.25, -0.2) is 0 Å². The zero-order chi connectivity index (χ0) is 16.8. The normalized spacial score (nSPS) is 17.0. The standard InChI is InChI=1S/C19H22N2O2S/c1-24-14-15-9-11-21(12-15)19(22)16-5-7-18(8-6-16)23-13-17-4-2-3-10-20-17/h2-8,10,15H,9,11-14H2,1H3/t15-/m0/s1. The Morgan fingerprint density at radius 1 is 1.29 bits per heavy atom. The lowest BCUT2D eigenvalue weighted by Crippen LogP contribution is -2.28. The molecule has 1 fully saturated rings. The lowest BCUT2D eigenvalue weighted by atomic mass is 10.1. The molecule has 1 aromatic heterocycles. The summed E-state index contributed by atoms with van der Waals surface area (Å²) in [5.74, 6) is 2.63. The summed E-state index contributed by atoms with van der Waals surface area (Å²) >= 11 is 1.85. The predicted molar refractivity (Wildman–Crippen MR) is 97.4 cm³/mol. The number of ether oxygens (including phenoxy) is 1. The smallest absolute Gasteiger partial charge is 0.253 e. The SMILES string of the molecule is CSC[C@H]1CCN(C(=O)c2ccc(OCc3ccccn3)cc2)C1. The van der Waals surface area contributed by atoms with Gasteiger partial charge >= 0.3 is 0 Å². The van der Waals surface area contributed by atoms with E-state index in [9.17, 15) is 4.79 Å². The van der Waals surface area contributed by atoms with Gasteiger partial charge in [-0.1, -0.05) is 6.07 Å². The van der Waals surface area contributed by atoms with Gasteiger partial charge in [-0.3, -0.25) is 9.78 Å². The maximum Gasteiger partial charge on any atom is 0.253 e. The molecular weight excluding hydrogens is 320 g/mol. The van der Waals surface area contributed by atoms with E-state index in [2.05, 4.69) is 11.2 Å². The summed E-state index contributed by atoms with van der Waals surface area (Å²) < 4.78 is 5.71. The Balaban J connectivity index is 1.55. The fourth-order valence-corrected chi connectivity index (χ4v) is 3.65. The van der Waals surface area contributed by atoms with E-state index in [4.69, 9.17) is 4.74 Å². The largest absolute Gasteiger partial charge is 0.487 e. The average Bonchev–Trinajstić information content (AvgIpc) is 3.10. The van der Waals surface area contributed by atoms with E-state index in [-0.39, 0.29) is 5.91 Å². The minimum absolute atomic E-state index is 0.120. The van der Waals surface area contributed by atoms with Crippen molar-refractivity contribution in [2.24, 2.45) is 5.92 Å². The Labute approximate surface area is 147 Å². The van der Waals surface area contributed by atoms with Gasteiger partial charge in [0.1, 0.15) is 12.4 Å². The number of carbonyl (C=O) groups is 1. The Bertz CT molecular complexity index is 661. The summed E-state index contributed by atoms with van der Waals surface area (Å²) in [6.07, 6.45) is 4.98. The second-order valence-electron chi connectivity index (χ2n) is 6.00. The molecule has 0 spiro atoms. The number of hydrogen-bond acceptors (Lipinski definition) is 4. The highest BCUT2D eigenvalue weighted by Crippen LogP contribution is 2.22. The number of aromatic nitrogens is 1. The molecule has 0 bridgehead atoms. The van der Waals surface area contributed by atoms with Crippen molar-refractivity contribution < 1.29 is 9.53 Å². The number of pyridine rings is 1. The summed E-state index contributed by atoms with van der Waals surface area (Å²) in [5, 5.41) is 0. The van der Waals surface area contributed by atoms with Crippen molar-refractivity contribution in [3.63, 3.8) is 0 Å². The highest BCUT2D eigenvalue weighted by Gasteiger charge is 2.26. The number of rotatable bonds is 6. The van der Waals surface area contributed by atoms with Crippen molar-refractivity contribution >= 4 is 17.7 Å². The van der Waals surface area contributed by atoms with Crippen molar-refractivity contribution in [1.82, 2.24) is 9.88 Å². The number of thioether (sulfide) groups is 1. The van der Waals surface area contributed by atoms with E-state index in [0.717, 1.165) is 42.3 Å².